The number of carbonyl (C=O) groups excluding carboxylic acids is 1. The van der Waals surface area contributed by atoms with Crippen LogP contribution in [-0.4, -0.2) is 28.6 Å². The maximum atomic E-state index is 12.5. The van der Waals surface area contributed by atoms with E-state index in [2.05, 4.69) is 27.3 Å². The molecule has 0 saturated carbocycles. The zero-order valence-corrected chi connectivity index (χ0v) is 18.2. The molecule has 2 aromatic carbocycles. The maximum Gasteiger partial charge on any atom is 0.235 e. The summed E-state index contributed by atoms with van der Waals surface area (Å²) in [6, 6.07) is 14.1. The van der Waals surface area contributed by atoms with E-state index in [0.717, 1.165) is 38.5 Å². The molecule has 0 bridgehead atoms. The number of benzene rings is 2. The highest BCUT2D eigenvalue weighted by atomic mass is 79.9. The molecule has 1 aliphatic rings. The van der Waals surface area contributed by atoms with Gasteiger partial charge in [-0.3, -0.25) is 4.79 Å². The average molecular weight is 458 g/mol. The van der Waals surface area contributed by atoms with E-state index in [-0.39, 0.29) is 11.2 Å². The highest BCUT2D eigenvalue weighted by Gasteiger charge is 2.32. The number of carbonyl (C=O) groups is 1. The van der Waals surface area contributed by atoms with Gasteiger partial charge in [0, 0.05) is 15.6 Å². The van der Waals surface area contributed by atoms with Crippen LogP contribution in [0.15, 0.2) is 46.9 Å². The number of thioether (sulfide) groups is 1. The Morgan fingerprint density at radius 3 is 2.68 bits per heavy atom. The van der Waals surface area contributed by atoms with Crippen molar-refractivity contribution in [3.05, 3.63) is 69.3 Å². The number of hydrogen-bond donors (Lipinski definition) is 1. The summed E-state index contributed by atoms with van der Waals surface area (Å²) in [4.78, 5) is 12.5. The van der Waals surface area contributed by atoms with Gasteiger partial charge in [0.05, 0.1) is 29.5 Å². The van der Waals surface area contributed by atoms with Crippen LogP contribution in [0.5, 0.6) is 5.75 Å². The number of amides is 1. The van der Waals surface area contributed by atoms with E-state index in [1.807, 2.05) is 54.9 Å². The number of aromatic nitrogens is 2. The van der Waals surface area contributed by atoms with E-state index in [1.54, 1.807) is 18.9 Å². The largest absolute Gasteiger partial charge is 0.496 e. The first-order chi connectivity index (χ1) is 13.5. The fourth-order valence-corrected chi connectivity index (χ4v) is 4.99. The van der Waals surface area contributed by atoms with Gasteiger partial charge in [0.25, 0.3) is 0 Å². The molecule has 1 aliphatic heterocycles. The molecule has 4 rings (SSSR count). The fraction of sp³-hybridized carbons (Fsp3) is 0.238. The molecule has 0 saturated heterocycles. The second kappa shape index (κ2) is 7.64. The number of aryl methyl sites for hydroxylation is 2. The van der Waals surface area contributed by atoms with Gasteiger partial charge in [0.1, 0.15) is 11.6 Å². The minimum atomic E-state index is -0.0689. The maximum absolute atomic E-state index is 12.5. The second-order valence-electron chi connectivity index (χ2n) is 6.72. The lowest BCUT2D eigenvalue weighted by atomic mass is 10.0. The van der Waals surface area contributed by atoms with Gasteiger partial charge in [-0.15, -0.1) is 11.8 Å². The SMILES string of the molecule is COc1ccc(Br)cc1[C@@H]1SCC(=O)Nc2c1c(C)nn2-c1ccc(C)cc1. The average Bonchev–Trinajstić information content (AvgIpc) is 2.88. The van der Waals surface area contributed by atoms with E-state index in [0.29, 0.717) is 5.75 Å². The minimum absolute atomic E-state index is 0.0315. The van der Waals surface area contributed by atoms with E-state index in [9.17, 15) is 4.79 Å². The van der Waals surface area contributed by atoms with Crippen molar-refractivity contribution in [1.82, 2.24) is 9.78 Å². The molecular weight excluding hydrogens is 438 g/mol. The Hall–Kier alpha value is -2.25. The molecule has 1 N–H and O–H groups in total. The van der Waals surface area contributed by atoms with Gasteiger partial charge < -0.3 is 10.1 Å². The van der Waals surface area contributed by atoms with Crippen LogP contribution in [0, 0.1) is 13.8 Å². The Morgan fingerprint density at radius 2 is 1.96 bits per heavy atom. The van der Waals surface area contributed by atoms with E-state index in [4.69, 9.17) is 9.84 Å². The van der Waals surface area contributed by atoms with Crippen LogP contribution in [0.4, 0.5) is 5.82 Å². The lowest BCUT2D eigenvalue weighted by Gasteiger charge is -2.18. The van der Waals surface area contributed by atoms with Crippen LogP contribution < -0.4 is 10.1 Å². The Labute approximate surface area is 176 Å². The molecule has 0 radical (unpaired) electrons. The molecule has 5 nitrogen and oxygen atoms in total. The van der Waals surface area contributed by atoms with Crippen LogP contribution >= 0.6 is 27.7 Å². The summed E-state index contributed by atoms with van der Waals surface area (Å²) in [6.45, 7) is 4.03. The number of nitrogens with one attached hydrogen (secondary N) is 1. The topological polar surface area (TPSA) is 56.1 Å². The molecule has 1 amide bonds. The highest BCUT2D eigenvalue weighted by molar-refractivity contribution is 9.10. The summed E-state index contributed by atoms with van der Waals surface area (Å²) in [6.07, 6.45) is 0. The molecule has 0 spiro atoms. The number of nitrogens with zero attached hydrogens (tertiary/aromatic N) is 2. The molecule has 7 heteroatoms. The number of halogens is 1. The van der Waals surface area contributed by atoms with Gasteiger partial charge in [0.15, 0.2) is 0 Å². The van der Waals surface area contributed by atoms with Gasteiger partial charge in [-0.1, -0.05) is 33.6 Å². The zero-order valence-electron chi connectivity index (χ0n) is 15.8. The van der Waals surface area contributed by atoms with Crippen molar-refractivity contribution in [3.8, 4) is 11.4 Å². The number of rotatable bonds is 3. The third-order valence-corrected chi connectivity index (χ3v) is 6.51. The lowest BCUT2D eigenvalue weighted by Crippen LogP contribution is -2.15. The fourth-order valence-electron chi connectivity index (χ4n) is 3.41. The summed E-state index contributed by atoms with van der Waals surface area (Å²) in [5, 5.41) is 7.75. The Balaban J connectivity index is 1.91. The molecule has 28 heavy (non-hydrogen) atoms. The van der Waals surface area contributed by atoms with Crippen molar-refractivity contribution in [2.24, 2.45) is 0 Å². The molecule has 0 fully saturated rings. The van der Waals surface area contributed by atoms with Crippen molar-refractivity contribution in [3.63, 3.8) is 0 Å². The summed E-state index contributed by atoms with van der Waals surface area (Å²) < 4.78 is 8.41. The molecule has 1 atom stereocenters. The Bertz CT molecular complexity index is 1050. The third-order valence-electron chi connectivity index (χ3n) is 4.76. The van der Waals surface area contributed by atoms with Crippen molar-refractivity contribution < 1.29 is 9.53 Å². The first-order valence-corrected chi connectivity index (χ1v) is 10.7. The molecular formula is C21H20BrN3O2S. The molecule has 2 heterocycles. The van der Waals surface area contributed by atoms with Crippen LogP contribution in [0.1, 0.15) is 27.6 Å². The van der Waals surface area contributed by atoms with E-state index < -0.39 is 0 Å². The molecule has 1 aromatic heterocycles. The van der Waals surface area contributed by atoms with Crippen LogP contribution in [0.2, 0.25) is 0 Å². The van der Waals surface area contributed by atoms with Gasteiger partial charge in [-0.25, -0.2) is 4.68 Å². The van der Waals surface area contributed by atoms with Gasteiger partial charge in [-0.2, -0.15) is 5.10 Å². The van der Waals surface area contributed by atoms with Crippen LogP contribution in [0.25, 0.3) is 5.69 Å². The van der Waals surface area contributed by atoms with Crippen LogP contribution in [-0.2, 0) is 4.79 Å². The highest BCUT2D eigenvalue weighted by Crippen LogP contribution is 2.47. The standard InChI is InChI=1S/C21H20BrN3O2S/c1-12-4-7-15(8-5-12)25-21-19(13(2)24-25)20(28-11-18(26)23-21)16-10-14(22)6-9-17(16)27-3/h4-10,20H,11H2,1-3H3,(H,23,26)/t20-/m0/s1. The summed E-state index contributed by atoms with van der Waals surface area (Å²) in [7, 11) is 1.67. The third kappa shape index (κ3) is 3.44. The Kier molecular flexibility index (Phi) is 5.21. The Morgan fingerprint density at radius 1 is 1.21 bits per heavy atom. The summed E-state index contributed by atoms with van der Waals surface area (Å²) in [5.74, 6) is 1.85. The predicted octanol–water partition coefficient (Wildman–Crippen LogP) is 5.03. The first kappa shape index (κ1) is 19.1. The second-order valence-corrected chi connectivity index (χ2v) is 8.73. The molecule has 3 aromatic rings. The first-order valence-electron chi connectivity index (χ1n) is 8.89. The monoisotopic (exact) mass is 457 g/mol. The van der Waals surface area contributed by atoms with E-state index >= 15 is 0 Å². The van der Waals surface area contributed by atoms with E-state index in [1.165, 1.54) is 5.56 Å². The number of ether oxygens (including phenoxy) is 1. The van der Waals surface area contributed by atoms with Crippen molar-refractivity contribution in [2.75, 3.05) is 18.2 Å². The summed E-state index contributed by atoms with van der Waals surface area (Å²) >= 11 is 5.15. The lowest BCUT2D eigenvalue weighted by molar-refractivity contribution is -0.113. The number of methoxy groups -OCH3 is 1. The van der Waals surface area contributed by atoms with Gasteiger partial charge in [0.2, 0.25) is 5.91 Å². The number of fused-ring (bicyclic) bond motifs is 1. The number of hydrogen-bond acceptors (Lipinski definition) is 4. The molecule has 0 aliphatic carbocycles. The van der Waals surface area contributed by atoms with Gasteiger partial charge in [-0.05, 0) is 44.2 Å². The van der Waals surface area contributed by atoms with Crippen molar-refractivity contribution in [1.29, 1.82) is 0 Å². The van der Waals surface area contributed by atoms with Crippen molar-refractivity contribution >= 4 is 39.4 Å². The van der Waals surface area contributed by atoms with Gasteiger partial charge >= 0.3 is 0 Å². The van der Waals surface area contributed by atoms with Crippen LogP contribution in [0.3, 0.4) is 0 Å². The molecule has 144 valence electrons. The quantitative estimate of drug-likeness (QED) is 0.598. The smallest absolute Gasteiger partial charge is 0.235 e. The molecule has 0 unspecified atom stereocenters. The van der Waals surface area contributed by atoms with Crippen molar-refractivity contribution in [2.45, 2.75) is 19.1 Å². The zero-order chi connectivity index (χ0) is 19.8. The predicted molar refractivity (Wildman–Crippen MR) is 117 cm³/mol. The normalized spacial score (nSPS) is 16.3. The summed E-state index contributed by atoms with van der Waals surface area (Å²) in [5.41, 5.74) is 5.01. The minimum Gasteiger partial charge on any atom is -0.496 e. The number of anilines is 1.